The van der Waals surface area contributed by atoms with E-state index in [1.165, 1.54) is 12.8 Å². The molecule has 0 aliphatic heterocycles. The zero-order valence-electron chi connectivity index (χ0n) is 6.93. The summed E-state index contributed by atoms with van der Waals surface area (Å²) in [5.74, 6) is 2.89. The second-order valence-corrected chi connectivity index (χ2v) is 4.46. The zero-order valence-corrected chi connectivity index (χ0v) is 6.93. The van der Waals surface area contributed by atoms with Crippen molar-refractivity contribution in [2.24, 2.45) is 28.9 Å². The molecular formula is C9H17N. The number of hydrogen-bond acceptors (Lipinski definition) is 1. The first kappa shape index (κ1) is 6.66. The van der Waals surface area contributed by atoms with Crippen molar-refractivity contribution in [1.82, 2.24) is 0 Å². The fourth-order valence-corrected chi connectivity index (χ4v) is 2.52. The Balaban J connectivity index is 1.94. The van der Waals surface area contributed by atoms with E-state index in [0.717, 1.165) is 24.3 Å². The fraction of sp³-hybridized carbons (Fsp3) is 1.00. The minimum atomic E-state index is 0.675. The molecular weight excluding hydrogens is 122 g/mol. The molecule has 0 aromatic heterocycles. The van der Waals surface area contributed by atoms with Gasteiger partial charge in [-0.25, -0.2) is 0 Å². The van der Waals surface area contributed by atoms with E-state index in [0.29, 0.717) is 5.41 Å². The molecule has 1 nitrogen and oxygen atoms in total. The lowest BCUT2D eigenvalue weighted by molar-refractivity contribution is 0.418. The lowest BCUT2D eigenvalue weighted by atomic mass is 9.98. The maximum absolute atomic E-state index is 5.62. The summed E-state index contributed by atoms with van der Waals surface area (Å²) >= 11 is 0. The van der Waals surface area contributed by atoms with Gasteiger partial charge in [-0.15, -0.1) is 0 Å². The largest absolute Gasteiger partial charge is 0.330 e. The quantitative estimate of drug-likeness (QED) is 0.618. The van der Waals surface area contributed by atoms with Gasteiger partial charge in [-0.2, -0.15) is 0 Å². The summed E-state index contributed by atoms with van der Waals surface area (Å²) in [6.07, 6.45) is 2.87. The third-order valence-corrected chi connectivity index (χ3v) is 3.70. The van der Waals surface area contributed by atoms with Gasteiger partial charge in [-0.1, -0.05) is 13.8 Å². The molecule has 0 amide bonds. The average Bonchev–Trinajstić information content (AvgIpc) is 2.72. The summed E-state index contributed by atoms with van der Waals surface area (Å²) in [6.45, 7) is 5.69. The van der Waals surface area contributed by atoms with Gasteiger partial charge < -0.3 is 5.73 Å². The highest BCUT2D eigenvalue weighted by atomic mass is 14.7. The van der Waals surface area contributed by atoms with Crippen LogP contribution < -0.4 is 5.73 Å². The maximum Gasteiger partial charge on any atom is -0.00433 e. The molecule has 2 fully saturated rings. The van der Waals surface area contributed by atoms with E-state index in [2.05, 4.69) is 13.8 Å². The summed E-state index contributed by atoms with van der Waals surface area (Å²) in [7, 11) is 0. The average molecular weight is 139 g/mol. The van der Waals surface area contributed by atoms with E-state index in [1.54, 1.807) is 0 Å². The van der Waals surface area contributed by atoms with E-state index in [4.69, 9.17) is 5.73 Å². The number of hydrogen-bond donors (Lipinski definition) is 1. The van der Waals surface area contributed by atoms with Crippen molar-refractivity contribution in [3.05, 3.63) is 0 Å². The highest BCUT2D eigenvalue weighted by molar-refractivity contribution is 5.10. The van der Waals surface area contributed by atoms with E-state index in [9.17, 15) is 0 Å². The summed E-state index contributed by atoms with van der Waals surface area (Å²) in [4.78, 5) is 0. The molecule has 0 radical (unpaired) electrons. The van der Waals surface area contributed by atoms with Crippen molar-refractivity contribution < 1.29 is 0 Å². The first-order chi connectivity index (χ1) is 4.68. The molecule has 0 spiro atoms. The SMILES string of the molecule is CC1CC1C1(C)CC1CN. The van der Waals surface area contributed by atoms with Crippen molar-refractivity contribution in [2.75, 3.05) is 6.54 Å². The zero-order chi connectivity index (χ0) is 7.35. The minimum Gasteiger partial charge on any atom is -0.330 e. The third kappa shape index (κ3) is 0.731. The van der Waals surface area contributed by atoms with Crippen LogP contribution in [0.1, 0.15) is 26.7 Å². The molecule has 4 unspecified atom stereocenters. The van der Waals surface area contributed by atoms with E-state index >= 15 is 0 Å². The Bertz CT molecular complexity index is 155. The summed E-state index contributed by atoms with van der Waals surface area (Å²) in [5.41, 5.74) is 6.30. The maximum atomic E-state index is 5.62. The topological polar surface area (TPSA) is 26.0 Å². The second-order valence-electron chi connectivity index (χ2n) is 4.46. The van der Waals surface area contributed by atoms with Crippen LogP contribution in [0.4, 0.5) is 0 Å². The second kappa shape index (κ2) is 1.76. The molecule has 1 heteroatoms. The lowest BCUT2D eigenvalue weighted by Crippen LogP contribution is -2.10. The summed E-state index contributed by atoms with van der Waals surface area (Å²) in [6, 6.07) is 0. The molecule has 58 valence electrons. The van der Waals surface area contributed by atoms with E-state index in [-0.39, 0.29) is 0 Å². The Morgan fingerprint density at radius 2 is 2.20 bits per heavy atom. The molecule has 2 N–H and O–H groups in total. The summed E-state index contributed by atoms with van der Waals surface area (Å²) in [5, 5.41) is 0. The predicted octanol–water partition coefficient (Wildman–Crippen LogP) is 1.63. The van der Waals surface area contributed by atoms with Gasteiger partial charge in [0.05, 0.1) is 0 Å². The van der Waals surface area contributed by atoms with Crippen LogP contribution in [0.3, 0.4) is 0 Å². The van der Waals surface area contributed by atoms with Crippen LogP contribution in [0.25, 0.3) is 0 Å². The molecule has 0 bridgehead atoms. The molecule has 2 aliphatic rings. The Labute approximate surface area is 63.0 Å². The monoisotopic (exact) mass is 139 g/mol. The third-order valence-electron chi connectivity index (χ3n) is 3.70. The molecule has 2 aliphatic carbocycles. The van der Waals surface area contributed by atoms with Crippen LogP contribution >= 0.6 is 0 Å². The standard InChI is InChI=1S/C9H17N/c1-6-3-8(6)9(2)4-7(9)5-10/h6-8H,3-5,10H2,1-2H3. The predicted molar refractivity (Wildman–Crippen MR) is 42.5 cm³/mol. The lowest BCUT2D eigenvalue weighted by Gasteiger charge is -2.07. The van der Waals surface area contributed by atoms with Crippen LogP contribution in [0.2, 0.25) is 0 Å². The molecule has 2 saturated carbocycles. The van der Waals surface area contributed by atoms with Crippen LogP contribution in [0, 0.1) is 23.2 Å². The van der Waals surface area contributed by atoms with Gasteiger partial charge >= 0.3 is 0 Å². The van der Waals surface area contributed by atoms with Crippen LogP contribution in [-0.2, 0) is 0 Å². The van der Waals surface area contributed by atoms with Crippen molar-refractivity contribution in [2.45, 2.75) is 26.7 Å². The molecule has 4 atom stereocenters. The first-order valence-corrected chi connectivity index (χ1v) is 4.38. The van der Waals surface area contributed by atoms with E-state index < -0.39 is 0 Å². The molecule has 0 aromatic carbocycles. The summed E-state index contributed by atoms with van der Waals surface area (Å²) < 4.78 is 0. The molecule has 10 heavy (non-hydrogen) atoms. The van der Waals surface area contributed by atoms with Crippen molar-refractivity contribution in [3.8, 4) is 0 Å². The molecule has 0 saturated heterocycles. The molecule has 0 heterocycles. The van der Waals surface area contributed by atoms with Crippen molar-refractivity contribution in [3.63, 3.8) is 0 Å². The van der Waals surface area contributed by atoms with Gasteiger partial charge in [0.15, 0.2) is 0 Å². The highest BCUT2D eigenvalue weighted by Crippen LogP contribution is 2.66. The van der Waals surface area contributed by atoms with E-state index in [1.807, 2.05) is 0 Å². The van der Waals surface area contributed by atoms with Gasteiger partial charge in [0.2, 0.25) is 0 Å². The number of rotatable bonds is 2. The smallest absolute Gasteiger partial charge is 0.00433 e. The van der Waals surface area contributed by atoms with Gasteiger partial charge in [0.25, 0.3) is 0 Å². The van der Waals surface area contributed by atoms with Crippen molar-refractivity contribution in [1.29, 1.82) is 0 Å². The Kier molecular flexibility index (Phi) is 1.17. The Morgan fingerprint density at radius 3 is 2.50 bits per heavy atom. The van der Waals surface area contributed by atoms with Crippen LogP contribution in [0.15, 0.2) is 0 Å². The van der Waals surface area contributed by atoms with Gasteiger partial charge in [0, 0.05) is 0 Å². The van der Waals surface area contributed by atoms with Crippen LogP contribution in [-0.4, -0.2) is 6.54 Å². The molecule has 2 rings (SSSR count). The first-order valence-electron chi connectivity index (χ1n) is 4.38. The van der Waals surface area contributed by atoms with Crippen LogP contribution in [0.5, 0.6) is 0 Å². The number of nitrogens with two attached hydrogens (primary N) is 1. The van der Waals surface area contributed by atoms with Crippen molar-refractivity contribution >= 4 is 0 Å². The normalized spacial score (nSPS) is 58.5. The Hall–Kier alpha value is -0.0400. The van der Waals surface area contributed by atoms with Gasteiger partial charge in [0.1, 0.15) is 0 Å². The van der Waals surface area contributed by atoms with Gasteiger partial charge in [-0.05, 0) is 42.6 Å². The Morgan fingerprint density at radius 1 is 1.60 bits per heavy atom. The fourth-order valence-electron chi connectivity index (χ4n) is 2.52. The minimum absolute atomic E-state index is 0.675. The highest BCUT2D eigenvalue weighted by Gasteiger charge is 2.60. The molecule has 0 aromatic rings. The van der Waals surface area contributed by atoms with Gasteiger partial charge in [-0.3, -0.25) is 0 Å².